The Bertz CT molecular complexity index is 1120. The molecule has 10 nitrogen and oxygen atoms in total. The van der Waals surface area contributed by atoms with E-state index >= 15 is 0 Å². The topological polar surface area (TPSA) is 126 Å². The average Bonchev–Trinajstić information content (AvgIpc) is 3.21. The summed E-state index contributed by atoms with van der Waals surface area (Å²) in [6.07, 6.45) is -0.901. The number of carbonyl (C=O) groups excluding carboxylic acids is 1. The third-order valence-corrected chi connectivity index (χ3v) is 6.66. The summed E-state index contributed by atoms with van der Waals surface area (Å²) < 4.78 is 52.9. The predicted molar refractivity (Wildman–Crippen MR) is 119 cm³/mol. The molecule has 2 N–H and O–H groups in total. The van der Waals surface area contributed by atoms with Crippen LogP contribution in [-0.4, -0.2) is 67.3 Å². The van der Waals surface area contributed by atoms with Crippen molar-refractivity contribution < 1.29 is 26.7 Å². The Morgan fingerprint density at radius 3 is 2.73 bits per heavy atom. The van der Waals surface area contributed by atoms with E-state index in [1.807, 2.05) is 11.8 Å². The van der Waals surface area contributed by atoms with Crippen molar-refractivity contribution in [3.05, 3.63) is 34.6 Å². The number of amides is 2. The Balaban J connectivity index is 1.56. The van der Waals surface area contributed by atoms with Crippen molar-refractivity contribution in [3.63, 3.8) is 0 Å². The molecule has 0 spiro atoms. The van der Waals surface area contributed by atoms with Gasteiger partial charge in [-0.05, 0) is 31.0 Å². The highest BCUT2D eigenvalue weighted by Crippen LogP contribution is 2.24. The summed E-state index contributed by atoms with van der Waals surface area (Å²) in [5.74, 6) is 0.465. The van der Waals surface area contributed by atoms with Crippen LogP contribution in [0, 0.1) is 6.92 Å². The fourth-order valence-corrected chi connectivity index (χ4v) is 4.50. The van der Waals surface area contributed by atoms with Gasteiger partial charge in [0.25, 0.3) is 6.43 Å². The number of alkyl halides is 2. The van der Waals surface area contributed by atoms with Crippen molar-refractivity contribution in [2.75, 3.05) is 36.2 Å². The van der Waals surface area contributed by atoms with Gasteiger partial charge < -0.3 is 20.3 Å². The zero-order chi connectivity index (χ0) is 24.2. The van der Waals surface area contributed by atoms with Crippen molar-refractivity contribution >= 4 is 39.0 Å². The second-order valence-electron chi connectivity index (χ2n) is 7.56. The molecule has 14 heteroatoms. The van der Waals surface area contributed by atoms with Crippen LogP contribution >= 0.6 is 11.6 Å². The van der Waals surface area contributed by atoms with Crippen LogP contribution in [0.25, 0.3) is 0 Å². The molecule has 1 fully saturated rings. The number of sulfone groups is 1. The molecule has 1 aliphatic heterocycles. The maximum Gasteiger partial charge on any atom is 0.319 e. The highest BCUT2D eigenvalue weighted by molar-refractivity contribution is 7.91. The van der Waals surface area contributed by atoms with E-state index in [2.05, 4.69) is 25.8 Å². The van der Waals surface area contributed by atoms with Crippen LogP contribution in [-0.2, 0) is 16.4 Å². The molecule has 0 bridgehead atoms. The van der Waals surface area contributed by atoms with Gasteiger partial charge >= 0.3 is 6.03 Å². The molecular formula is C19H23ClF2N6O4S. The van der Waals surface area contributed by atoms with Gasteiger partial charge in [-0.2, -0.15) is 5.10 Å². The lowest BCUT2D eigenvalue weighted by atomic mass is 10.2. The summed E-state index contributed by atoms with van der Waals surface area (Å²) in [7, 11) is -3.12. The number of rotatable bonds is 8. The van der Waals surface area contributed by atoms with Crippen molar-refractivity contribution in [3.8, 4) is 5.88 Å². The van der Waals surface area contributed by atoms with Crippen molar-refractivity contribution in [2.45, 2.75) is 31.6 Å². The number of anilines is 2. The first-order valence-electron chi connectivity index (χ1n) is 9.91. The van der Waals surface area contributed by atoms with E-state index in [1.165, 1.54) is 18.4 Å². The molecule has 2 aromatic heterocycles. The van der Waals surface area contributed by atoms with E-state index in [0.717, 1.165) is 5.56 Å². The van der Waals surface area contributed by atoms with Crippen LogP contribution in [0.2, 0.25) is 5.15 Å². The number of hydrogen-bond acceptors (Lipinski definition) is 8. The minimum absolute atomic E-state index is 0.0332. The van der Waals surface area contributed by atoms with Crippen molar-refractivity contribution in [2.24, 2.45) is 0 Å². The monoisotopic (exact) mass is 504 g/mol. The zero-order valence-electron chi connectivity index (χ0n) is 17.9. The Labute approximate surface area is 194 Å². The van der Waals surface area contributed by atoms with E-state index in [0.29, 0.717) is 31.0 Å². The molecule has 2 amide bonds. The summed E-state index contributed by atoms with van der Waals surface area (Å²) in [4.78, 5) is 17.9. The Hall–Kier alpha value is -2.80. The van der Waals surface area contributed by atoms with Gasteiger partial charge in [0.05, 0.1) is 23.2 Å². The summed E-state index contributed by atoms with van der Waals surface area (Å²) in [6, 6.07) is 3.79. The van der Waals surface area contributed by atoms with Gasteiger partial charge in [0.15, 0.2) is 22.3 Å². The van der Waals surface area contributed by atoms with Crippen molar-refractivity contribution in [1.82, 2.24) is 20.5 Å². The highest BCUT2D eigenvalue weighted by Gasteiger charge is 2.31. The number of nitrogens with zero attached hydrogens (tertiary/aromatic N) is 4. The molecule has 3 heterocycles. The summed E-state index contributed by atoms with van der Waals surface area (Å²) in [5.41, 5.74) is 1.51. The van der Waals surface area contributed by atoms with Crippen LogP contribution in [0.3, 0.4) is 0 Å². The molecule has 0 aromatic carbocycles. The number of halogens is 3. The number of aromatic nitrogens is 3. The predicted octanol–water partition coefficient (Wildman–Crippen LogP) is 2.42. The molecule has 3 rings (SSSR count). The third kappa shape index (κ3) is 7.09. The molecule has 0 radical (unpaired) electrons. The summed E-state index contributed by atoms with van der Waals surface area (Å²) >= 11 is 5.84. The van der Waals surface area contributed by atoms with Crippen LogP contribution in [0.5, 0.6) is 5.88 Å². The number of pyridine rings is 1. The third-order valence-electron chi connectivity index (χ3n) is 4.87. The van der Waals surface area contributed by atoms with Crippen LogP contribution in [0.15, 0.2) is 18.2 Å². The number of hydrogen-bond donors (Lipinski definition) is 2. The van der Waals surface area contributed by atoms with Gasteiger partial charge in [-0.15, -0.1) is 5.10 Å². The minimum Gasteiger partial charge on any atom is -0.471 e. The van der Waals surface area contributed by atoms with E-state index < -0.39 is 34.2 Å². The average molecular weight is 505 g/mol. The first-order valence-corrected chi connectivity index (χ1v) is 12.2. The van der Waals surface area contributed by atoms with Gasteiger partial charge in [-0.25, -0.2) is 27.0 Å². The summed E-state index contributed by atoms with van der Waals surface area (Å²) in [5, 5.41) is 13.0. The smallest absolute Gasteiger partial charge is 0.319 e. The first kappa shape index (κ1) is 24.8. The number of ether oxygens (including phenoxy) is 1. The number of nitrogens with one attached hydrogen (secondary N) is 2. The molecule has 1 atom stereocenters. The van der Waals surface area contributed by atoms with E-state index in [1.54, 1.807) is 6.07 Å². The molecule has 2 aromatic rings. The minimum atomic E-state index is -3.12. The van der Waals surface area contributed by atoms with E-state index in [9.17, 15) is 22.0 Å². The maximum atomic E-state index is 12.3. The quantitative estimate of drug-likeness (QED) is 0.525. The van der Waals surface area contributed by atoms with Gasteiger partial charge in [-0.1, -0.05) is 11.6 Å². The molecule has 1 aliphatic rings. The standard InChI is InChI=1S/C19H23ClF2N6O4S/c1-11-5-13(26-27-18(11)28-4-3-14(9-28)33(2,30)31)8-23-19(29)24-12-6-15(20)25-17(7-12)32-10-16(21)22/h5-7,14,16H,3-4,8-10H2,1-2H3,(H2,23,24,25,29). The maximum absolute atomic E-state index is 12.3. The molecular weight excluding hydrogens is 482 g/mol. The first-order chi connectivity index (χ1) is 15.5. The molecule has 0 aliphatic carbocycles. The molecule has 180 valence electrons. The van der Waals surface area contributed by atoms with E-state index in [4.69, 9.17) is 16.3 Å². The highest BCUT2D eigenvalue weighted by atomic mass is 35.5. The van der Waals surface area contributed by atoms with E-state index in [-0.39, 0.29) is 23.3 Å². The molecule has 33 heavy (non-hydrogen) atoms. The molecule has 1 unspecified atom stereocenters. The largest absolute Gasteiger partial charge is 0.471 e. The SMILES string of the molecule is Cc1cc(CNC(=O)Nc2cc(Cl)nc(OCC(F)F)c2)nnc1N1CCC(S(C)(=O)=O)C1. The Morgan fingerprint density at radius 1 is 1.33 bits per heavy atom. The molecule has 0 saturated carbocycles. The van der Waals surface area contributed by atoms with Crippen LogP contribution in [0.4, 0.5) is 25.1 Å². The van der Waals surface area contributed by atoms with Gasteiger partial charge in [0, 0.05) is 25.4 Å². The van der Waals surface area contributed by atoms with Crippen LogP contribution < -0.4 is 20.3 Å². The number of carbonyl (C=O) groups is 1. The zero-order valence-corrected chi connectivity index (χ0v) is 19.5. The lowest BCUT2D eigenvalue weighted by molar-refractivity contribution is 0.0796. The normalized spacial score (nSPS) is 16.2. The van der Waals surface area contributed by atoms with Gasteiger partial charge in [0.2, 0.25) is 5.88 Å². The Morgan fingerprint density at radius 2 is 2.09 bits per heavy atom. The van der Waals surface area contributed by atoms with Crippen molar-refractivity contribution in [1.29, 1.82) is 0 Å². The second-order valence-corrected chi connectivity index (χ2v) is 10.3. The van der Waals surface area contributed by atoms with Gasteiger partial charge in [0.1, 0.15) is 5.15 Å². The number of aryl methyl sites for hydroxylation is 1. The Kier molecular flexibility index (Phi) is 7.84. The van der Waals surface area contributed by atoms with Crippen LogP contribution in [0.1, 0.15) is 17.7 Å². The second kappa shape index (κ2) is 10.4. The fourth-order valence-electron chi connectivity index (χ4n) is 3.32. The number of urea groups is 1. The fraction of sp³-hybridized carbons (Fsp3) is 0.474. The lowest BCUT2D eigenvalue weighted by Gasteiger charge is -2.19. The summed E-state index contributed by atoms with van der Waals surface area (Å²) in [6.45, 7) is 2.00. The molecule has 1 saturated heterocycles. The van der Waals surface area contributed by atoms with Gasteiger partial charge in [-0.3, -0.25) is 0 Å². The lowest BCUT2D eigenvalue weighted by Crippen LogP contribution is -2.29.